The smallest absolute Gasteiger partial charge is 0.256 e. The minimum Gasteiger partial charge on any atom is -0.507 e. The number of phenols is 1. The molecule has 92 valence electrons. The standard InChI is InChI=1S/C11H7ClIN3O2/c12-9-4-10(15-5-14-9)16-11(18)6-1-2-7(13)8(17)3-6/h1-5,17H,(H,14,15,16,18). The summed E-state index contributed by atoms with van der Waals surface area (Å²) in [5.74, 6) is -0.0153. The topological polar surface area (TPSA) is 75.1 Å². The summed E-state index contributed by atoms with van der Waals surface area (Å²) in [6.07, 6.45) is 1.25. The number of rotatable bonds is 2. The van der Waals surface area contributed by atoms with Crippen molar-refractivity contribution in [3.8, 4) is 5.75 Å². The van der Waals surface area contributed by atoms with Crippen molar-refractivity contribution in [1.29, 1.82) is 0 Å². The molecule has 0 aliphatic heterocycles. The molecule has 2 aromatic rings. The van der Waals surface area contributed by atoms with Gasteiger partial charge in [0.2, 0.25) is 0 Å². The first-order valence-electron chi connectivity index (χ1n) is 4.83. The maximum Gasteiger partial charge on any atom is 0.256 e. The van der Waals surface area contributed by atoms with Crippen LogP contribution in [0.15, 0.2) is 30.6 Å². The highest BCUT2D eigenvalue weighted by Crippen LogP contribution is 2.21. The van der Waals surface area contributed by atoms with Gasteiger partial charge < -0.3 is 10.4 Å². The number of nitrogens with zero attached hydrogens (tertiary/aromatic N) is 2. The Balaban J connectivity index is 2.19. The van der Waals surface area contributed by atoms with Crippen molar-refractivity contribution in [2.24, 2.45) is 0 Å². The molecule has 0 fully saturated rings. The van der Waals surface area contributed by atoms with Gasteiger partial charge in [0.15, 0.2) is 0 Å². The van der Waals surface area contributed by atoms with Crippen molar-refractivity contribution in [3.63, 3.8) is 0 Å². The van der Waals surface area contributed by atoms with E-state index < -0.39 is 0 Å². The monoisotopic (exact) mass is 375 g/mol. The first kappa shape index (κ1) is 13.0. The van der Waals surface area contributed by atoms with E-state index in [-0.39, 0.29) is 16.8 Å². The highest BCUT2D eigenvalue weighted by atomic mass is 127. The van der Waals surface area contributed by atoms with Gasteiger partial charge in [0.25, 0.3) is 5.91 Å². The fraction of sp³-hybridized carbons (Fsp3) is 0. The first-order chi connectivity index (χ1) is 8.56. The van der Waals surface area contributed by atoms with Crippen LogP contribution < -0.4 is 5.32 Å². The Hall–Kier alpha value is -1.41. The molecular weight excluding hydrogens is 368 g/mol. The molecular formula is C11H7ClIN3O2. The Morgan fingerprint density at radius 3 is 2.78 bits per heavy atom. The summed E-state index contributed by atoms with van der Waals surface area (Å²) in [6.45, 7) is 0. The van der Waals surface area contributed by atoms with Crippen LogP contribution in [0.2, 0.25) is 5.15 Å². The molecule has 2 N–H and O–H groups in total. The third kappa shape index (κ3) is 3.08. The molecule has 0 bridgehead atoms. The van der Waals surface area contributed by atoms with Crippen LogP contribution in [0, 0.1) is 3.57 Å². The number of hydrogen-bond acceptors (Lipinski definition) is 4. The van der Waals surface area contributed by atoms with Gasteiger partial charge in [0.1, 0.15) is 23.0 Å². The Morgan fingerprint density at radius 2 is 2.11 bits per heavy atom. The summed E-state index contributed by atoms with van der Waals surface area (Å²) in [4.78, 5) is 19.4. The summed E-state index contributed by atoms with van der Waals surface area (Å²) in [7, 11) is 0. The first-order valence-corrected chi connectivity index (χ1v) is 6.29. The summed E-state index contributed by atoms with van der Waals surface area (Å²) in [5, 5.41) is 12.3. The van der Waals surface area contributed by atoms with Crippen LogP contribution in [0.5, 0.6) is 5.75 Å². The number of phenolic OH excluding ortho intramolecular Hbond substituents is 1. The second kappa shape index (κ2) is 5.49. The van der Waals surface area contributed by atoms with E-state index >= 15 is 0 Å². The lowest BCUT2D eigenvalue weighted by Gasteiger charge is -2.05. The minimum atomic E-state index is -0.378. The van der Waals surface area contributed by atoms with Gasteiger partial charge in [0.05, 0.1) is 3.57 Å². The van der Waals surface area contributed by atoms with Crippen molar-refractivity contribution in [1.82, 2.24) is 9.97 Å². The predicted molar refractivity (Wildman–Crippen MR) is 75.8 cm³/mol. The molecule has 0 spiro atoms. The maximum atomic E-state index is 11.9. The highest BCUT2D eigenvalue weighted by Gasteiger charge is 2.09. The van der Waals surface area contributed by atoms with Gasteiger partial charge >= 0.3 is 0 Å². The molecule has 1 amide bonds. The molecule has 1 aromatic heterocycles. The lowest BCUT2D eigenvalue weighted by molar-refractivity contribution is 0.102. The molecule has 0 radical (unpaired) electrons. The van der Waals surface area contributed by atoms with Crippen LogP contribution in [-0.4, -0.2) is 21.0 Å². The predicted octanol–water partition coefficient (Wildman–Crippen LogP) is 2.69. The Kier molecular flexibility index (Phi) is 3.97. The van der Waals surface area contributed by atoms with Gasteiger partial charge in [-0.25, -0.2) is 9.97 Å². The van der Waals surface area contributed by atoms with Crippen LogP contribution in [0.4, 0.5) is 5.82 Å². The third-order valence-electron chi connectivity index (χ3n) is 2.08. The molecule has 1 aromatic carbocycles. The zero-order valence-corrected chi connectivity index (χ0v) is 11.8. The average Bonchev–Trinajstić information content (AvgIpc) is 2.32. The molecule has 0 saturated heterocycles. The molecule has 0 aliphatic rings. The fourth-order valence-corrected chi connectivity index (χ4v) is 1.73. The average molecular weight is 376 g/mol. The number of amides is 1. The number of aromatic hydroxyl groups is 1. The van der Waals surface area contributed by atoms with Crippen LogP contribution in [0.3, 0.4) is 0 Å². The second-order valence-corrected chi connectivity index (χ2v) is 4.90. The van der Waals surface area contributed by atoms with Crippen LogP contribution >= 0.6 is 34.2 Å². The Bertz CT molecular complexity index is 607. The lowest BCUT2D eigenvalue weighted by Crippen LogP contribution is -2.13. The quantitative estimate of drug-likeness (QED) is 0.625. The van der Waals surface area contributed by atoms with Gasteiger partial charge in [-0.1, -0.05) is 11.6 Å². The number of benzene rings is 1. The molecule has 0 saturated carbocycles. The van der Waals surface area contributed by atoms with E-state index in [0.717, 1.165) is 0 Å². The summed E-state index contributed by atoms with van der Waals surface area (Å²) in [5.41, 5.74) is 0.336. The summed E-state index contributed by atoms with van der Waals surface area (Å²) >= 11 is 7.65. The number of carbonyl (C=O) groups is 1. The zero-order chi connectivity index (χ0) is 13.1. The highest BCUT2D eigenvalue weighted by molar-refractivity contribution is 14.1. The molecule has 1 heterocycles. The number of anilines is 1. The van der Waals surface area contributed by atoms with Crippen molar-refractivity contribution in [2.45, 2.75) is 0 Å². The van der Waals surface area contributed by atoms with Crippen molar-refractivity contribution in [2.75, 3.05) is 5.32 Å². The Morgan fingerprint density at radius 1 is 1.33 bits per heavy atom. The van der Waals surface area contributed by atoms with Crippen molar-refractivity contribution in [3.05, 3.63) is 44.9 Å². The molecule has 0 atom stereocenters. The van der Waals surface area contributed by atoms with Gasteiger partial charge in [0, 0.05) is 11.6 Å². The number of carbonyl (C=O) groups excluding carboxylic acids is 1. The normalized spacial score (nSPS) is 10.1. The van der Waals surface area contributed by atoms with E-state index in [2.05, 4.69) is 15.3 Å². The summed E-state index contributed by atoms with van der Waals surface area (Å²) in [6, 6.07) is 6.09. The minimum absolute atomic E-state index is 0.0592. The molecule has 2 rings (SSSR count). The molecule has 7 heteroatoms. The van der Waals surface area contributed by atoms with E-state index in [4.69, 9.17) is 11.6 Å². The van der Waals surface area contributed by atoms with Crippen LogP contribution in [0.1, 0.15) is 10.4 Å². The number of aromatic nitrogens is 2. The summed E-state index contributed by atoms with van der Waals surface area (Å²) < 4.78 is 0.675. The van der Waals surface area contributed by atoms with E-state index in [1.165, 1.54) is 18.5 Å². The van der Waals surface area contributed by atoms with Gasteiger partial charge in [-0.2, -0.15) is 0 Å². The van der Waals surface area contributed by atoms with Gasteiger partial charge in [-0.3, -0.25) is 4.79 Å². The third-order valence-corrected chi connectivity index (χ3v) is 3.20. The number of halogens is 2. The van der Waals surface area contributed by atoms with E-state index in [1.807, 2.05) is 22.6 Å². The molecule has 0 unspecified atom stereocenters. The number of hydrogen-bond donors (Lipinski definition) is 2. The van der Waals surface area contributed by atoms with Gasteiger partial charge in [-0.05, 0) is 40.8 Å². The van der Waals surface area contributed by atoms with E-state index in [9.17, 15) is 9.90 Å². The van der Waals surface area contributed by atoms with Crippen LogP contribution in [-0.2, 0) is 0 Å². The van der Waals surface area contributed by atoms with E-state index in [1.54, 1.807) is 12.1 Å². The Labute approximate surface area is 121 Å². The zero-order valence-electron chi connectivity index (χ0n) is 8.89. The second-order valence-electron chi connectivity index (χ2n) is 3.35. The molecule has 5 nitrogen and oxygen atoms in total. The van der Waals surface area contributed by atoms with Gasteiger partial charge in [-0.15, -0.1) is 0 Å². The van der Waals surface area contributed by atoms with Crippen LogP contribution in [0.25, 0.3) is 0 Å². The SMILES string of the molecule is O=C(Nc1cc(Cl)ncn1)c1ccc(I)c(O)c1. The molecule has 18 heavy (non-hydrogen) atoms. The van der Waals surface area contributed by atoms with E-state index in [0.29, 0.717) is 15.0 Å². The fourth-order valence-electron chi connectivity index (χ4n) is 1.24. The largest absolute Gasteiger partial charge is 0.507 e. The molecule has 0 aliphatic carbocycles. The lowest BCUT2D eigenvalue weighted by atomic mass is 10.2. The number of nitrogens with one attached hydrogen (secondary N) is 1. The van der Waals surface area contributed by atoms with Crippen molar-refractivity contribution >= 4 is 45.9 Å². The maximum absolute atomic E-state index is 11.9. The van der Waals surface area contributed by atoms with Crippen molar-refractivity contribution < 1.29 is 9.90 Å².